The molecular formula is C14H15NO4S2. The first-order valence-electron chi connectivity index (χ1n) is 6.52. The fraction of sp³-hybridized carbons (Fsp3) is 0.286. The molecule has 0 saturated heterocycles. The smallest absolute Gasteiger partial charge is 0.250 e. The topological polar surface area (TPSA) is 75.6 Å². The van der Waals surface area contributed by atoms with Crippen molar-refractivity contribution in [3.63, 3.8) is 0 Å². The normalized spacial score (nSPS) is 18.0. The van der Waals surface area contributed by atoms with Crippen molar-refractivity contribution in [1.82, 2.24) is 4.72 Å². The number of rotatable bonds is 4. The first-order valence-corrected chi connectivity index (χ1v) is 8.89. The number of hydrogen-bond acceptors (Lipinski definition) is 5. The van der Waals surface area contributed by atoms with Crippen LogP contribution < -0.4 is 9.46 Å². The van der Waals surface area contributed by atoms with E-state index >= 15 is 0 Å². The Kier molecular flexibility index (Phi) is 3.99. The Morgan fingerprint density at radius 2 is 2.19 bits per heavy atom. The van der Waals surface area contributed by atoms with Gasteiger partial charge in [-0.2, -0.15) is 0 Å². The first-order chi connectivity index (χ1) is 10.1. The molecule has 0 bridgehead atoms. The van der Waals surface area contributed by atoms with Gasteiger partial charge >= 0.3 is 0 Å². The minimum Gasteiger partial charge on any atom is -0.493 e. The summed E-state index contributed by atoms with van der Waals surface area (Å²) in [5.41, 5.74) is 1.46. The standard InChI is InChI=1S/C14H15NO4S2/c16-8-10-7-14(20-9-10)21(17,18)15-12-5-6-19-13-4-2-1-3-11(12)13/h1-4,7,9,12,15-16H,5-6,8H2. The highest BCUT2D eigenvalue weighted by Crippen LogP contribution is 2.33. The van der Waals surface area contributed by atoms with Gasteiger partial charge in [0.05, 0.1) is 19.3 Å². The molecule has 21 heavy (non-hydrogen) atoms. The molecule has 1 aromatic heterocycles. The summed E-state index contributed by atoms with van der Waals surface area (Å²) < 4.78 is 33.3. The number of para-hydroxylation sites is 1. The average molecular weight is 325 g/mol. The summed E-state index contributed by atoms with van der Waals surface area (Å²) in [5, 5.41) is 10.7. The van der Waals surface area contributed by atoms with E-state index in [4.69, 9.17) is 9.84 Å². The highest BCUT2D eigenvalue weighted by atomic mass is 32.2. The average Bonchev–Trinajstić information content (AvgIpc) is 2.97. The predicted octanol–water partition coefficient (Wildman–Crippen LogP) is 2.04. The molecule has 1 unspecified atom stereocenters. The Bertz CT molecular complexity index is 739. The van der Waals surface area contributed by atoms with Crippen molar-refractivity contribution < 1.29 is 18.3 Å². The molecule has 1 atom stereocenters. The second-order valence-electron chi connectivity index (χ2n) is 4.78. The highest BCUT2D eigenvalue weighted by Gasteiger charge is 2.27. The molecule has 2 N–H and O–H groups in total. The van der Waals surface area contributed by atoms with Crippen LogP contribution in [-0.4, -0.2) is 20.1 Å². The predicted molar refractivity (Wildman–Crippen MR) is 79.9 cm³/mol. The third-order valence-corrected chi connectivity index (χ3v) is 6.29. The molecule has 112 valence electrons. The van der Waals surface area contributed by atoms with E-state index in [1.807, 2.05) is 24.3 Å². The minimum atomic E-state index is -3.59. The van der Waals surface area contributed by atoms with Gasteiger partial charge in [-0.3, -0.25) is 0 Å². The SMILES string of the molecule is O=S(=O)(NC1CCOc2ccccc21)c1cc(CO)cs1. The van der Waals surface area contributed by atoms with Crippen molar-refractivity contribution in [2.45, 2.75) is 23.3 Å². The molecule has 1 aliphatic rings. The van der Waals surface area contributed by atoms with Gasteiger partial charge in [-0.1, -0.05) is 18.2 Å². The lowest BCUT2D eigenvalue weighted by atomic mass is 10.0. The Morgan fingerprint density at radius 1 is 1.38 bits per heavy atom. The van der Waals surface area contributed by atoms with E-state index in [-0.39, 0.29) is 16.9 Å². The number of aliphatic hydroxyl groups is 1. The van der Waals surface area contributed by atoms with Gasteiger partial charge in [0.1, 0.15) is 9.96 Å². The van der Waals surface area contributed by atoms with Crippen LogP contribution in [0.1, 0.15) is 23.6 Å². The zero-order chi connectivity index (χ0) is 14.9. The summed E-state index contributed by atoms with van der Waals surface area (Å²) in [6.45, 7) is 0.322. The number of thiophene rings is 1. The maximum Gasteiger partial charge on any atom is 0.250 e. The molecule has 5 nitrogen and oxygen atoms in total. The molecule has 0 amide bonds. The van der Waals surface area contributed by atoms with E-state index in [0.717, 1.165) is 22.6 Å². The first kappa shape index (κ1) is 14.5. The lowest BCUT2D eigenvalue weighted by Gasteiger charge is -2.26. The van der Waals surface area contributed by atoms with Crippen molar-refractivity contribution in [1.29, 1.82) is 0 Å². The maximum absolute atomic E-state index is 12.4. The summed E-state index contributed by atoms with van der Waals surface area (Å²) in [6, 6.07) is 8.64. The van der Waals surface area contributed by atoms with Gasteiger partial charge in [-0.15, -0.1) is 11.3 Å². The van der Waals surface area contributed by atoms with Crippen LogP contribution in [0, 0.1) is 0 Å². The maximum atomic E-state index is 12.4. The van der Waals surface area contributed by atoms with Crippen molar-refractivity contribution >= 4 is 21.4 Å². The van der Waals surface area contributed by atoms with Crippen LogP contribution in [0.15, 0.2) is 39.9 Å². The van der Waals surface area contributed by atoms with Crippen LogP contribution in [0.2, 0.25) is 0 Å². The Hall–Kier alpha value is -1.41. The van der Waals surface area contributed by atoms with E-state index in [9.17, 15) is 8.42 Å². The number of benzene rings is 1. The van der Waals surface area contributed by atoms with E-state index in [2.05, 4.69) is 4.72 Å². The van der Waals surface area contributed by atoms with Gasteiger partial charge in [-0.05, 0) is 23.1 Å². The van der Waals surface area contributed by atoms with Crippen molar-refractivity contribution in [2.24, 2.45) is 0 Å². The summed E-state index contributed by atoms with van der Waals surface area (Å²) in [7, 11) is -3.59. The van der Waals surface area contributed by atoms with Gasteiger partial charge in [0.15, 0.2) is 0 Å². The molecule has 2 aromatic rings. The van der Waals surface area contributed by atoms with E-state index in [0.29, 0.717) is 18.6 Å². The van der Waals surface area contributed by atoms with Gasteiger partial charge in [0.25, 0.3) is 10.0 Å². The second kappa shape index (κ2) is 5.76. The fourth-order valence-electron chi connectivity index (χ4n) is 2.29. The molecule has 1 aromatic carbocycles. The third kappa shape index (κ3) is 2.96. The fourth-order valence-corrected chi connectivity index (χ4v) is 4.75. The van der Waals surface area contributed by atoms with Gasteiger partial charge in [0.2, 0.25) is 0 Å². The molecule has 0 aliphatic carbocycles. The minimum absolute atomic E-state index is 0.161. The van der Waals surface area contributed by atoms with Crippen molar-refractivity contribution in [3.05, 3.63) is 46.8 Å². The molecule has 0 spiro atoms. The Balaban J connectivity index is 1.86. The van der Waals surface area contributed by atoms with E-state index in [1.54, 1.807) is 5.38 Å². The summed E-state index contributed by atoms with van der Waals surface area (Å²) in [6.07, 6.45) is 0.592. The zero-order valence-corrected chi connectivity index (χ0v) is 12.8. The quantitative estimate of drug-likeness (QED) is 0.902. The molecule has 0 radical (unpaired) electrons. The Labute approximate surface area is 127 Å². The van der Waals surface area contributed by atoms with Gasteiger partial charge in [0, 0.05) is 12.0 Å². The lowest BCUT2D eigenvalue weighted by molar-refractivity contribution is 0.263. The molecule has 1 aliphatic heterocycles. The van der Waals surface area contributed by atoms with Crippen LogP contribution in [0.4, 0.5) is 0 Å². The Morgan fingerprint density at radius 3 is 2.95 bits per heavy atom. The zero-order valence-electron chi connectivity index (χ0n) is 11.2. The molecule has 3 rings (SSSR count). The number of ether oxygens (including phenoxy) is 1. The van der Waals surface area contributed by atoms with Crippen LogP contribution >= 0.6 is 11.3 Å². The number of hydrogen-bond donors (Lipinski definition) is 2. The molecular weight excluding hydrogens is 310 g/mol. The number of fused-ring (bicyclic) bond motifs is 1. The van der Waals surface area contributed by atoms with Crippen LogP contribution in [0.3, 0.4) is 0 Å². The number of sulfonamides is 1. The molecule has 0 saturated carbocycles. The summed E-state index contributed by atoms with van der Waals surface area (Å²) >= 11 is 1.11. The lowest BCUT2D eigenvalue weighted by Crippen LogP contribution is -2.31. The van der Waals surface area contributed by atoms with Crippen molar-refractivity contribution in [3.8, 4) is 5.75 Å². The summed E-state index contributed by atoms with van der Waals surface area (Å²) in [5.74, 6) is 0.721. The number of nitrogens with one attached hydrogen (secondary N) is 1. The van der Waals surface area contributed by atoms with Crippen LogP contribution in [0.25, 0.3) is 0 Å². The van der Waals surface area contributed by atoms with Gasteiger partial charge in [-0.25, -0.2) is 13.1 Å². The van der Waals surface area contributed by atoms with E-state index in [1.165, 1.54) is 6.07 Å². The third-order valence-electron chi connectivity index (χ3n) is 3.33. The van der Waals surface area contributed by atoms with E-state index < -0.39 is 10.0 Å². The highest BCUT2D eigenvalue weighted by molar-refractivity contribution is 7.91. The number of aliphatic hydroxyl groups excluding tert-OH is 1. The largest absolute Gasteiger partial charge is 0.493 e. The van der Waals surface area contributed by atoms with Crippen LogP contribution in [-0.2, 0) is 16.6 Å². The molecule has 2 heterocycles. The second-order valence-corrected chi connectivity index (χ2v) is 7.63. The van der Waals surface area contributed by atoms with Gasteiger partial charge < -0.3 is 9.84 Å². The van der Waals surface area contributed by atoms with Crippen molar-refractivity contribution in [2.75, 3.05) is 6.61 Å². The molecule has 0 fully saturated rings. The summed E-state index contributed by atoms with van der Waals surface area (Å²) in [4.78, 5) is 0. The van der Waals surface area contributed by atoms with Crippen LogP contribution in [0.5, 0.6) is 5.75 Å². The molecule has 7 heteroatoms. The monoisotopic (exact) mass is 325 g/mol.